The van der Waals surface area contributed by atoms with Crippen LogP contribution >= 0.6 is 11.8 Å². The van der Waals surface area contributed by atoms with E-state index >= 15 is 0 Å². The standard InChI is InChI=1S/C12H18N2S/c1-10-2-3-11(8-14-10)12(4-6-13)5-7-15-9-12/h2-3,8H,4-7,9,13H2,1H3. The Hall–Kier alpha value is -0.540. The molecule has 15 heavy (non-hydrogen) atoms. The number of thioether (sulfide) groups is 1. The summed E-state index contributed by atoms with van der Waals surface area (Å²) in [7, 11) is 0. The molecule has 0 radical (unpaired) electrons. The van der Waals surface area contributed by atoms with Gasteiger partial charge in [0, 0.05) is 23.1 Å². The lowest BCUT2D eigenvalue weighted by Gasteiger charge is -2.28. The largest absolute Gasteiger partial charge is 0.330 e. The van der Waals surface area contributed by atoms with Crippen LogP contribution in [0.3, 0.4) is 0 Å². The quantitative estimate of drug-likeness (QED) is 0.851. The van der Waals surface area contributed by atoms with E-state index in [4.69, 9.17) is 5.73 Å². The summed E-state index contributed by atoms with van der Waals surface area (Å²) in [4.78, 5) is 4.40. The minimum Gasteiger partial charge on any atom is -0.330 e. The Morgan fingerprint density at radius 3 is 2.93 bits per heavy atom. The van der Waals surface area contributed by atoms with Gasteiger partial charge >= 0.3 is 0 Å². The van der Waals surface area contributed by atoms with Gasteiger partial charge in [-0.15, -0.1) is 0 Å². The molecule has 1 fully saturated rings. The molecule has 1 aliphatic rings. The predicted molar refractivity (Wildman–Crippen MR) is 66.3 cm³/mol. The van der Waals surface area contributed by atoms with Crippen LogP contribution in [0.5, 0.6) is 0 Å². The second-order valence-electron chi connectivity index (χ2n) is 4.31. The van der Waals surface area contributed by atoms with Gasteiger partial charge in [-0.3, -0.25) is 4.98 Å². The summed E-state index contributed by atoms with van der Waals surface area (Å²) < 4.78 is 0. The van der Waals surface area contributed by atoms with Crippen molar-refractivity contribution < 1.29 is 0 Å². The van der Waals surface area contributed by atoms with Crippen molar-refractivity contribution in [2.24, 2.45) is 5.73 Å². The van der Waals surface area contributed by atoms with Crippen LogP contribution < -0.4 is 5.73 Å². The first-order valence-corrected chi connectivity index (χ1v) is 6.63. The molecule has 1 saturated heterocycles. The molecule has 2 heterocycles. The van der Waals surface area contributed by atoms with Gasteiger partial charge in [0.1, 0.15) is 0 Å². The molecular formula is C12H18N2S. The SMILES string of the molecule is Cc1ccc(C2(CCN)CCSC2)cn1. The summed E-state index contributed by atoms with van der Waals surface area (Å²) in [6, 6.07) is 4.33. The molecule has 2 nitrogen and oxygen atoms in total. The van der Waals surface area contributed by atoms with Gasteiger partial charge in [0.05, 0.1) is 0 Å². The van der Waals surface area contributed by atoms with E-state index in [1.54, 1.807) is 0 Å². The summed E-state index contributed by atoms with van der Waals surface area (Å²) >= 11 is 2.04. The fourth-order valence-electron chi connectivity index (χ4n) is 2.23. The van der Waals surface area contributed by atoms with Crippen molar-refractivity contribution in [1.82, 2.24) is 4.98 Å². The molecule has 0 amide bonds. The monoisotopic (exact) mass is 222 g/mol. The zero-order valence-electron chi connectivity index (χ0n) is 9.20. The van der Waals surface area contributed by atoms with Crippen LogP contribution in [-0.4, -0.2) is 23.0 Å². The first-order valence-electron chi connectivity index (χ1n) is 5.48. The van der Waals surface area contributed by atoms with Crippen LogP contribution in [0.2, 0.25) is 0 Å². The fraction of sp³-hybridized carbons (Fsp3) is 0.583. The van der Waals surface area contributed by atoms with Crippen molar-refractivity contribution >= 4 is 11.8 Å². The maximum absolute atomic E-state index is 5.73. The average molecular weight is 222 g/mol. The van der Waals surface area contributed by atoms with E-state index in [2.05, 4.69) is 17.1 Å². The molecule has 2 N–H and O–H groups in total. The second-order valence-corrected chi connectivity index (χ2v) is 5.42. The Kier molecular flexibility index (Phi) is 3.32. The predicted octanol–water partition coefficient (Wildman–Crippen LogP) is 2.11. The van der Waals surface area contributed by atoms with Crippen LogP contribution in [0, 0.1) is 6.92 Å². The van der Waals surface area contributed by atoms with Crippen LogP contribution in [0.25, 0.3) is 0 Å². The summed E-state index contributed by atoms with van der Waals surface area (Å²) in [5, 5.41) is 0. The summed E-state index contributed by atoms with van der Waals surface area (Å²) in [6.07, 6.45) is 4.38. The van der Waals surface area contributed by atoms with E-state index in [1.807, 2.05) is 24.9 Å². The Balaban J connectivity index is 2.28. The van der Waals surface area contributed by atoms with E-state index in [9.17, 15) is 0 Å². The molecule has 82 valence electrons. The third kappa shape index (κ3) is 2.18. The molecule has 0 bridgehead atoms. The molecule has 1 unspecified atom stereocenters. The highest BCUT2D eigenvalue weighted by molar-refractivity contribution is 7.99. The van der Waals surface area contributed by atoms with Crippen molar-refractivity contribution in [3.8, 4) is 0 Å². The first kappa shape index (κ1) is 11.0. The van der Waals surface area contributed by atoms with Gasteiger partial charge in [-0.25, -0.2) is 0 Å². The van der Waals surface area contributed by atoms with Gasteiger partial charge in [-0.1, -0.05) is 6.07 Å². The van der Waals surface area contributed by atoms with Crippen molar-refractivity contribution in [2.45, 2.75) is 25.2 Å². The van der Waals surface area contributed by atoms with Crippen LogP contribution in [0.1, 0.15) is 24.1 Å². The molecule has 0 saturated carbocycles. The molecular weight excluding hydrogens is 204 g/mol. The summed E-state index contributed by atoms with van der Waals surface area (Å²) in [5.41, 5.74) is 8.51. The van der Waals surface area contributed by atoms with Gasteiger partial charge in [-0.05, 0) is 43.7 Å². The third-order valence-electron chi connectivity index (χ3n) is 3.25. The molecule has 1 aromatic heterocycles. The maximum atomic E-state index is 5.73. The Labute approximate surface area is 95.7 Å². The van der Waals surface area contributed by atoms with Gasteiger partial charge in [0.2, 0.25) is 0 Å². The molecule has 1 atom stereocenters. The molecule has 3 heteroatoms. The van der Waals surface area contributed by atoms with E-state index in [1.165, 1.54) is 23.5 Å². The second kappa shape index (κ2) is 4.54. The lowest BCUT2D eigenvalue weighted by atomic mass is 9.78. The molecule has 0 aliphatic carbocycles. The lowest BCUT2D eigenvalue weighted by molar-refractivity contribution is 0.451. The number of rotatable bonds is 3. The van der Waals surface area contributed by atoms with Crippen molar-refractivity contribution in [3.05, 3.63) is 29.6 Å². The summed E-state index contributed by atoms with van der Waals surface area (Å²) in [5.74, 6) is 2.46. The first-order chi connectivity index (χ1) is 7.27. The van der Waals surface area contributed by atoms with Crippen molar-refractivity contribution in [3.63, 3.8) is 0 Å². The van der Waals surface area contributed by atoms with Gasteiger partial charge in [0.25, 0.3) is 0 Å². The van der Waals surface area contributed by atoms with Crippen molar-refractivity contribution in [1.29, 1.82) is 0 Å². The number of aryl methyl sites for hydroxylation is 1. The zero-order chi connectivity index (χ0) is 10.7. The summed E-state index contributed by atoms with van der Waals surface area (Å²) in [6.45, 7) is 2.80. The van der Waals surface area contributed by atoms with E-state index < -0.39 is 0 Å². The number of hydrogen-bond acceptors (Lipinski definition) is 3. The molecule has 2 rings (SSSR count). The molecule has 0 aromatic carbocycles. The number of nitrogens with two attached hydrogens (primary N) is 1. The number of aromatic nitrogens is 1. The average Bonchev–Trinajstić information content (AvgIpc) is 2.69. The number of nitrogens with zero attached hydrogens (tertiary/aromatic N) is 1. The highest BCUT2D eigenvalue weighted by Gasteiger charge is 2.35. The maximum Gasteiger partial charge on any atom is 0.0372 e. The van der Waals surface area contributed by atoms with Crippen LogP contribution in [-0.2, 0) is 5.41 Å². The molecule has 1 aromatic rings. The topological polar surface area (TPSA) is 38.9 Å². The zero-order valence-corrected chi connectivity index (χ0v) is 10.0. The Bertz CT molecular complexity index is 315. The number of pyridine rings is 1. The minimum atomic E-state index is 0.306. The highest BCUT2D eigenvalue weighted by atomic mass is 32.2. The van der Waals surface area contributed by atoms with Gasteiger partial charge in [0.15, 0.2) is 0 Å². The Morgan fingerprint density at radius 2 is 2.40 bits per heavy atom. The fourth-order valence-corrected chi connectivity index (χ4v) is 3.76. The van der Waals surface area contributed by atoms with Crippen molar-refractivity contribution in [2.75, 3.05) is 18.1 Å². The lowest BCUT2D eigenvalue weighted by Crippen LogP contribution is -2.29. The molecule has 0 spiro atoms. The van der Waals surface area contributed by atoms with E-state index in [0.717, 1.165) is 18.7 Å². The van der Waals surface area contributed by atoms with Gasteiger partial charge in [-0.2, -0.15) is 11.8 Å². The minimum absolute atomic E-state index is 0.306. The number of hydrogen-bond donors (Lipinski definition) is 1. The Morgan fingerprint density at radius 1 is 1.53 bits per heavy atom. The third-order valence-corrected chi connectivity index (χ3v) is 4.50. The van der Waals surface area contributed by atoms with Gasteiger partial charge < -0.3 is 5.73 Å². The van der Waals surface area contributed by atoms with E-state index in [-0.39, 0.29) is 0 Å². The van der Waals surface area contributed by atoms with Crippen LogP contribution in [0.15, 0.2) is 18.3 Å². The van der Waals surface area contributed by atoms with Crippen LogP contribution in [0.4, 0.5) is 0 Å². The normalized spacial score (nSPS) is 25.7. The highest BCUT2D eigenvalue weighted by Crippen LogP contribution is 2.41. The molecule has 1 aliphatic heterocycles. The van der Waals surface area contributed by atoms with E-state index in [0.29, 0.717) is 5.41 Å². The smallest absolute Gasteiger partial charge is 0.0372 e.